The Morgan fingerprint density at radius 3 is 2.81 bits per heavy atom. The molecule has 0 aliphatic carbocycles. The van der Waals surface area contributed by atoms with Gasteiger partial charge in [-0.3, -0.25) is 4.79 Å². The van der Waals surface area contributed by atoms with Crippen molar-refractivity contribution in [3.05, 3.63) is 36.0 Å². The summed E-state index contributed by atoms with van der Waals surface area (Å²) < 4.78 is 6.61. The number of rotatable bonds is 6. The number of nitrogens with one attached hydrogen (secondary N) is 1. The summed E-state index contributed by atoms with van der Waals surface area (Å²) in [6, 6.07) is 6.75. The van der Waals surface area contributed by atoms with Gasteiger partial charge in [-0.15, -0.1) is 0 Å². The first-order valence-corrected chi connectivity index (χ1v) is 6.62. The molecule has 2 N–H and O–H groups in total. The quantitative estimate of drug-likeness (QED) is 0.844. The fraction of sp³-hybridized carbons (Fsp3) is 0.333. The van der Waals surface area contributed by atoms with Gasteiger partial charge in [0, 0.05) is 24.7 Å². The van der Waals surface area contributed by atoms with Crippen molar-refractivity contribution < 1.29 is 19.4 Å². The zero-order valence-electron chi connectivity index (χ0n) is 12.0. The van der Waals surface area contributed by atoms with Gasteiger partial charge in [0.05, 0.1) is 17.7 Å². The van der Waals surface area contributed by atoms with Gasteiger partial charge < -0.3 is 19.7 Å². The number of hydrogen-bond acceptors (Lipinski definition) is 3. The van der Waals surface area contributed by atoms with Gasteiger partial charge in [-0.2, -0.15) is 0 Å². The first-order valence-electron chi connectivity index (χ1n) is 6.62. The lowest BCUT2D eigenvalue weighted by atomic mass is 10.1. The van der Waals surface area contributed by atoms with E-state index in [9.17, 15) is 14.7 Å². The van der Waals surface area contributed by atoms with Crippen LogP contribution in [0, 0.1) is 0 Å². The number of para-hydroxylation sites is 1. The number of carboxylic acid groups (broad SMARTS) is 1. The molecule has 0 saturated heterocycles. The molecule has 0 aliphatic heterocycles. The predicted molar refractivity (Wildman–Crippen MR) is 78.4 cm³/mol. The van der Waals surface area contributed by atoms with E-state index in [0.717, 1.165) is 5.39 Å². The molecule has 0 spiro atoms. The van der Waals surface area contributed by atoms with Crippen LogP contribution in [0.4, 0.5) is 0 Å². The van der Waals surface area contributed by atoms with Crippen molar-refractivity contribution in [2.75, 3.05) is 13.7 Å². The predicted octanol–water partition coefficient (Wildman–Crippen LogP) is 1.49. The molecule has 112 valence electrons. The number of ether oxygens (including phenoxy) is 1. The van der Waals surface area contributed by atoms with E-state index in [0.29, 0.717) is 12.1 Å². The van der Waals surface area contributed by atoms with Crippen LogP contribution in [0.3, 0.4) is 0 Å². The zero-order valence-corrected chi connectivity index (χ0v) is 12.0. The minimum Gasteiger partial charge on any atom is -0.478 e. The maximum atomic E-state index is 12.0. The molecule has 1 atom stereocenters. The zero-order chi connectivity index (χ0) is 15.4. The largest absolute Gasteiger partial charge is 0.478 e. The number of nitrogens with zero attached hydrogens (tertiary/aromatic N) is 1. The average Bonchev–Trinajstić information content (AvgIpc) is 2.81. The number of carbonyl (C=O) groups is 2. The molecule has 0 fully saturated rings. The lowest BCUT2D eigenvalue weighted by Gasteiger charge is -2.14. The third-order valence-corrected chi connectivity index (χ3v) is 3.16. The summed E-state index contributed by atoms with van der Waals surface area (Å²) in [6.45, 7) is 2.35. The van der Waals surface area contributed by atoms with Crippen LogP contribution >= 0.6 is 0 Å². The molecule has 6 nitrogen and oxygen atoms in total. The minimum absolute atomic E-state index is 0.0713. The van der Waals surface area contributed by atoms with Crippen molar-refractivity contribution in [3.8, 4) is 0 Å². The molecule has 1 heterocycles. The maximum absolute atomic E-state index is 12.0. The number of methoxy groups -OCH3 is 1. The van der Waals surface area contributed by atoms with Gasteiger partial charge in [0.1, 0.15) is 6.54 Å². The van der Waals surface area contributed by atoms with Crippen LogP contribution in [0.5, 0.6) is 0 Å². The summed E-state index contributed by atoms with van der Waals surface area (Å²) in [5.74, 6) is -1.19. The van der Waals surface area contributed by atoms with E-state index in [-0.39, 0.29) is 24.1 Å². The molecule has 2 rings (SSSR count). The Hall–Kier alpha value is -2.34. The van der Waals surface area contributed by atoms with Crippen LogP contribution in [-0.4, -0.2) is 41.3 Å². The molecule has 21 heavy (non-hydrogen) atoms. The van der Waals surface area contributed by atoms with Gasteiger partial charge in [-0.25, -0.2) is 4.79 Å². The Bertz CT molecular complexity index is 663. The van der Waals surface area contributed by atoms with Crippen molar-refractivity contribution >= 4 is 22.8 Å². The highest BCUT2D eigenvalue weighted by Gasteiger charge is 2.14. The number of fused-ring (bicyclic) bond motifs is 1. The molecule has 2 aromatic rings. The standard InChI is InChI=1S/C15H18N2O4/c1-10(9-21-2)16-13(18)8-17-7-6-11-4-3-5-12(14(11)17)15(19)20/h3-7,10H,8-9H2,1-2H3,(H,16,18)(H,19,20). The first-order chi connectivity index (χ1) is 10.0. The molecular weight excluding hydrogens is 272 g/mol. The fourth-order valence-corrected chi connectivity index (χ4v) is 2.33. The van der Waals surface area contributed by atoms with E-state index < -0.39 is 5.97 Å². The Labute approximate surface area is 122 Å². The normalized spacial score (nSPS) is 12.3. The average molecular weight is 290 g/mol. The second-order valence-corrected chi connectivity index (χ2v) is 4.92. The molecular formula is C15H18N2O4. The number of aromatic carboxylic acids is 1. The molecule has 0 saturated carbocycles. The number of benzene rings is 1. The minimum atomic E-state index is -1.01. The number of hydrogen-bond donors (Lipinski definition) is 2. The van der Waals surface area contributed by atoms with Crippen LogP contribution in [0.15, 0.2) is 30.5 Å². The SMILES string of the molecule is COCC(C)NC(=O)Cn1ccc2cccc(C(=O)O)c21. The summed E-state index contributed by atoms with van der Waals surface area (Å²) in [5, 5.41) is 12.8. The molecule has 1 amide bonds. The van der Waals surface area contributed by atoms with Gasteiger partial charge in [-0.05, 0) is 19.1 Å². The summed E-state index contributed by atoms with van der Waals surface area (Å²) in [5.41, 5.74) is 0.745. The van der Waals surface area contributed by atoms with E-state index in [1.165, 1.54) is 6.07 Å². The van der Waals surface area contributed by atoms with Crippen LogP contribution in [0.1, 0.15) is 17.3 Å². The van der Waals surface area contributed by atoms with E-state index in [4.69, 9.17) is 4.74 Å². The van der Waals surface area contributed by atoms with Crippen molar-refractivity contribution in [1.29, 1.82) is 0 Å². The lowest BCUT2D eigenvalue weighted by molar-refractivity contribution is -0.122. The second-order valence-electron chi connectivity index (χ2n) is 4.92. The summed E-state index contributed by atoms with van der Waals surface area (Å²) in [7, 11) is 1.57. The molecule has 6 heteroatoms. The van der Waals surface area contributed by atoms with Crippen LogP contribution in [-0.2, 0) is 16.1 Å². The third-order valence-electron chi connectivity index (χ3n) is 3.16. The maximum Gasteiger partial charge on any atom is 0.337 e. The van der Waals surface area contributed by atoms with Gasteiger partial charge in [0.25, 0.3) is 0 Å². The van der Waals surface area contributed by atoms with Crippen molar-refractivity contribution in [3.63, 3.8) is 0 Å². The van der Waals surface area contributed by atoms with Crippen LogP contribution in [0.25, 0.3) is 10.9 Å². The lowest BCUT2D eigenvalue weighted by Crippen LogP contribution is -2.37. The Kier molecular flexibility index (Phi) is 4.59. The van der Waals surface area contributed by atoms with E-state index in [1.54, 1.807) is 30.0 Å². The van der Waals surface area contributed by atoms with E-state index in [2.05, 4.69) is 5.32 Å². The van der Waals surface area contributed by atoms with E-state index in [1.807, 2.05) is 13.0 Å². The van der Waals surface area contributed by atoms with Gasteiger partial charge in [-0.1, -0.05) is 12.1 Å². The van der Waals surface area contributed by atoms with Gasteiger partial charge in [0.2, 0.25) is 5.91 Å². The molecule has 0 radical (unpaired) electrons. The summed E-state index contributed by atoms with van der Waals surface area (Å²) in [6.07, 6.45) is 1.72. The second kappa shape index (κ2) is 6.41. The Morgan fingerprint density at radius 2 is 2.14 bits per heavy atom. The monoisotopic (exact) mass is 290 g/mol. The number of aromatic nitrogens is 1. The van der Waals surface area contributed by atoms with Crippen LogP contribution < -0.4 is 5.32 Å². The number of carboxylic acids is 1. The number of amides is 1. The van der Waals surface area contributed by atoms with E-state index >= 15 is 0 Å². The molecule has 1 aromatic carbocycles. The van der Waals surface area contributed by atoms with Gasteiger partial charge >= 0.3 is 5.97 Å². The summed E-state index contributed by atoms with van der Waals surface area (Å²) >= 11 is 0. The first kappa shape index (κ1) is 15.1. The Morgan fingerprint density at radius 1 is 1.38 bits per heavy atom. The molecule has 0 aliphatic rings. The van der Waals surface area contributed by atoms with Crippen molar-refractivity contribution in [2.45, 2.75) is 19.5 Å². The van der Waals surface area contributed by atoms with Crippen molar-refractivity contribution in [1.82, 2.24) is 9.88 Å². The Balaban J connectivity index is 2.23. The molecule has 1 aromatic heterocycles. The number of carbonyl (C=O) groups excluding carboxylic acids is 1. The van der Waals surface area contributed by atoms with Crippen LogP contribution in [0.2, 0.25) is 0 Å². The molecule has 1 unspecified atom stereocenters. The molecule has 0 bridgehead atoms. The third kappa shape index (κ3) is 3.41. The summed E-state index contributed by atoms with van der Waals surface area (Å²) in [4.78, 5) is 23.3. The highest BCUT2D eigenvalue weighted by Crippen LogP contribution is 2.20. The topological polar surface area (TPSA) is 80.6 Å². The highest BCUT2D eigenvalue weighted by molar-refractivity contribution is 6.02. The fourth-order valence-electron chi connectivity index (χ4n) is 2.33. The van der Waals surface area contributed by atoms with Gasteiger partial charge in [0.15, 0.2) is 0 Å². The smallest absolute Gasteiger partial charge is 0.337 e. The highest BCUT2D eigenvalue weighted by atomic mass is 16.5. The van der Waals surface area contributed by atoms with Crippen molar-refractivity contribution in [2.24, 2.45) is 0 Å².